The van der Waals surface area contributed by atoms with Crippen molar-refractivity contribution in [3.63, 3.8) is 0 Å². The maximum atomic E-state index is 10.8. The molecular formula is C10H9N3O. The van der Waals surface area contributed by atoms with E-state index in [2.05, 4.69) is 10.3 Å². The molecule has 4 nitrogen and oxygen atoms in total. The lowest BCUT2D eigenvalue weighted by atomic mass is 10.1. The Labute approximate surface area is 81.2 Å². The van der Waals surface area contributed by atoms with E-state index in [-0.39, 0.29) is 0 Å². The first kappa shape index (κ1) is 8.62. The molecule has 0 aliphatic rings. The largest absolute Gasteiger partial charge is 0.298 e. The van der Waals surface area contributed by atoms with Crippen LogP contribution in [0.2, 0.25) is 0 Å². The number of hydrogen-bond donors (Lipinski definition) is 0. The van der Waals surface area contributed by atoms with Gasteiger partial charge in [-0.2, -0.15) is 0 Å². The molecular weight excluding hydrogens is 178 g/mol. The van der Waals surface area contributed by atoms with Gasteiger partial charge in [0, 0.05) is 5.56 Å². The van der Waals surface area contributed by atoms with Gasteiger partial charge in [0.1, 0.15) is 0 Å². The maximum absolute atomic E-state index is 10.8. The summed E-state index contributed by atoms with van der Waals surface area (Å²) in [6.07, 6.45) is 4.13. The van der Waals surface area contributed by atoms with E-state index in [1.807, 2.05) is 19.1 Å². The zero-order valence-electron chi connectivity index (χ0n) is 7.71. The summed E-state index contributed by atoms with van der Waals surface area (Å²) in [6.45, 7) is 1.93. The number of aryl methyl sites for hydroxylation is 1. The highest BCUT2D eigenvalue weighted by molar-refractivity contribution is 5.81. The van der Waals surface area contributed by atoms with Crippen LogP contribution >= 0.6 is 0 Å². The second-order valence-electron chi connectivity index (χ2n) is 2.98. The molecule has 14 heavy (non-hydrogen) atoms. The highest BCUT2D eigenvalue weighted by Gasteiger charge is 2.06. The fourth-order valence-corrected chi connectivity index (χ4v) is 1.42. The Hall–Kier alpha value is -1.97. The SMILES string of the molecule is Cc1cccc(C=O)c1-n1ccnn1. The number of aromatic nitrogens is 3. The van der Waals surface area contributed by atoms with Crippen LogP contribution in [0.5, 0.6) is 0 Å². The van der Waals surface area contributed by atoms with Crippen LogP contribution in [0.1, 0.15) is 15.9 Å². The van der Waals surface area contributed by atoms with Crippen molar-refractivity contribution in [3.05, 3.63) is 41.7 Å². The number of hydrogen-bond acceptors (Lipinski definition) is 3. The molecule has 1 aromatic carbocycles. The molecule has 1 heterocycles. The normalized spacial score (nSPS) is 10.1. The molecule has 0 fully saturated rings. The summed E-state index contributed by atoms with van der Waals surface area (Å²) in [6, 6.07) is 5.54. The van der Waals surface area contributed by atoms with Crippen LogP contribution in [0, 0.1) is 6.92 Å². The van der Waals surface area contributed by atoms with Crippen LogP contribution in [0.25, 0.3) is 5.69 Å². The Kier molecular flexibility index (Phi) is 2.10. The second-order valence-corrected chi connectivity index (χ2v) is 2.98. The molecule has 0 bridgehead atoms. The van der Waals surface area contributed by atoms with Crippen LogP contribution in [0.15, 0.2) is 30.6 Å². The van der Waals surface area contributed by atoms with Crippen LogP contribution in [0.4, 0.5) is 0 Å². The Balaban J connectivity index is 2.67. The smallest absolute Gasteiger partial charge is 0.152 e. The number of para-hydroxylation sites is 1. The minimum atomic E-state index is 0.621. The number of carbonyl (C=O) groups excluding carboxylic acids is 1. The van der Waals surface area contributed by atoms with Crippen molar-refractivity contribution in [3.8, 4) is 5.69 Å². The van der Waals surface area contributed by atoms with Crippen molar-refractivity contribution in [1.29, 1.82) is 0 Å². The highest BCUT2D eigenvalue weighted by atomic mass is 16.1. The summed E-state index contributed by atoms with van der Waals surface area (Å²) in [5.74, 6) is 0. The van der Waals surface area contributed by atoms with E-state index < -0.39 is 0 Å². The molecule has 0 aliphatic carbocycles. The van der Waals surface area contributed by atoms with E-state index in [1.54, 1.807) is 23.1 Å². The highest BCUT2D eigenvalue weighted by Crippen LogP contribution is 2.16. The lowest BCUT2D eigenvalue weighted by Gasteiger charge is -2.06. The van der Waals surface area contributed by atoms with Gasteiger partial charge in [-0.15, -0.1) is 5.10 Å². The van der Waals surface area contributed by atoms with E-state index in [1.165, 1.54) is 0 Å². The molecule has 0 atom stereocenters. The molecule has 0 unspecified atom stereocenters. The summed E-state index contributed by atoms with van der Waals surface area (Å²) in [4.78, 5) is 10.8. The van der Waals surface area contributed by atoms with Gasteiger partial charge in [0.25, 0.3) is 0 Å². The van der Waals surface area contributed by atoms with E-state index in [0.29, 0.717) is 5.56 Å². The first-order valence-electron chi connectivity index (χ1n) is 4.24. The maximum Gasteiger partial charge on any atom is 0.152 e. The molecule has 0 amide bonds. The molecule has 2 aromatic rings. The Bertz CT molecular complexity index is 448. The lowest BCUT2D eigenvalue weighted by Crippen LogP contribution is -2.02. The average Bonchev–Trinajstić information content (AvgIpc) is 2.70. The van der Waals surface area contributed by atoms with E-state index in [9.17, 15) is 4.79 Å². The van der Waals surface area contributed by atoms with Gasteiger partial charge in [-0.25, -0.2) is 4.68 Å². The fraction of sp³-hybridized carbons (Fsp3) is 0.100. The molecule has 0 spiro atoms. The molecule has 0 radical (unpaired) electrons. The van der Waals surface area contributed by atoms with Gasteiger partial charge in [-0.3, -0.25) is 4.79 Å². The summed E-state index contributed by atoms with van der Waals surface area (Å²) < 4.78 is 1.60. The van der Waals surface area contributed by atoms with Crippen molar-refractivity contribution in [2.24, 2.45) is 0 Å². The minimum Gasteiger partial charge on any atom is -0.298 e. The van der Waals surface area contributed by atoms with E-state index in [4.69, 9.17) is 0 Å². The van der Waals surface area contributed by atoms with Crippen molar-refractivity contribution in [1.82, 2.24) is 15.0 Å². The van der Waals surface area contributed by atoms with E-state index >= 15 is 0 Å². The quantitative estimate of drug-likeness (QED) is 0.667. The molecule has 2 rings (SSSR count). The second kappa shape index (κ2) is 3.41. The Morgan fingerprint density at radius 1 is 1.43 bits per heavy atom. The van der Waals surface area contributed by atoms with Gasteiger partial charge in [0.05, 0.1) is 18.1 Å². The number of benzene rings is 1. The van der Waals surface area contributed by atoms with Crippen LogP contribution in [-0.4, -0.2) is 21.3 Å². The standard InChI is InChI=1S/C10H9N3O/c1-8-3-2-4-9(7-14)10(8)13-6-5-11-12-13/h2-7H,1H3. The zero-order valence-corrected chi connectivity index (χ0v) is 7.71. The predicted molar refractivity (Wildman–Crippen MR) is 51.5 cm³/mol. The molecule has 0 N–H and O–H groups in total. The average molecular weight is 187 g/mol. The topological polar surface area (TPSA) is 47.8 Å². The number of nitrogens with zero attached hydrogens (tertiary/aromatic N) is 3. The van der Waals surface area contributed by atoms with Crippen LogP contribution in [-0.2, 0) is 0 Å². The van der Waals surface area contributed by atoms with Gasteiger partial charge >= 0.3 is 0 Å². The summed E-state index contributed by atoms with van der Waals surface area (Å²) in [5.41, 5.74) is 2.41. The predicted octanol–water partition coefficient (Wildman–Crippen LogP) is 1.39. The number of aldehydes is 1. The third-order valence-electron chi connectivity index (χ3n) is 2.05. The fourth-order valence-electron chi connectivity index (χ4n) is 1.42. The van der Waals surface area contributed by atoms with Crippen molar-refractivity contribution >= 4 is 6.29 Å². The Morgan fingerprint density at radius 2 is 2.29 bits per heavy atom. The van der Waals surface area contributed by atoms with Gasteiger partial charge in [0.15, 0.2) is 6.29 Å². The Morgan fingerprint density at radius 3 is 2.93 bits per heavy atom. The van der Waals surface area contributed by atoms with Crippen molar-refractivity contribution in [2.45, 2.75) is 6.92 Å². The van der Waals surface area contributed by atoms with Crippen LogP contribution in [0.3, 0.4) is 0 Å². The summed E-state index contributed by atoms with van der Waals surface area (Å²) in [7, 11) is 0. The first-order chi connectivity index (χ1) is 6.83. The summed E-state index contributed by atoms with van der Waals surface area (Å²) in [5, 5.41) is 7.58. The monoisotopic (exact) mass is 187 g/mol. The summed E-state index contributed by atoms with van der Waals surface area (Å²) >= 11 is 0. The number of rotatable bonds is 2. The third-order valence-corrected chi connectivity index (χ3v) is 2.05. The lowest BCUT2D eigenvalue weighted by molar-refractivity contribution is 0.112. The van der Waals surface area contributed by atoms with Gasteiger partial charge < -0.3 is 0 Å². The first-order valence-corrected chi connectivity index (χ1v) is 4.24. The van der Waals surface area contributed by atoms with Gasteiger partial charge in [0.2, 0.25) is 0 Å². The van der Waals surface area contributed by atoms with Crippen molar-refractivity contribution in [2.75, 3.05) is 0 Å². The number of carbonyl (C=O) groups is 1. The molecule has 70 valence electrons. The molecule has 0 saturated carbocycles. The zero-order chi connectivity index (χ0) is 9.97. The third kappa shape index (κ3) is 1.31. The van der Waals surface area contributed by atoms with Crippen molar-refractivity contribution < 1.29 is 4.79 Å². The minimum absolute atomic E-state index is 0.621. The molecule has 1 aromatic heterocycles. The van der Waals surface area contributed by atoms with Gasteiger partial charge in [-0.05, 0) is 18.6 Å². The molecule has 4 heteroatoms. The molecule has 0 aliphatic heterocycles. The van der Waals surface area contributed by atoms with Gasteiger partial charge in [-0.1, -0.05) is 17.3 Å². The molecule has 0 saturated heterocycles. The van der Waals surface area contributed by atoms with Crippen LogP contribution < -0.4 is 0 Å². The van der Waals surface area contributed by atoms with E-state index in [0.717, 1.165) is 17.5 Å².